The number of aryl methyl sites for hydroxylation is 1. The van der Waals surface area contributed by atoms with E-state index >= 15 is 0 Å². The molecule has 172 valence electrons. The highest BCUT2D eigenvalue weighted by molar-refractivity contribution is 9.10. The van der Waals surface area contributed by atoms with Crippen LogP contribution in [0.4, 0.5) is 0 Å². The Bertz CT molecular complexity index is 947. The Morgan fingerprint density at radius 2 is 1.94 bits per heavy atom. The van der Waals surface area contributed by atoms with E-state index in [1.165, 1.54) is 5.56 Å². The molecule has 0 radical (unpaired) electrons. The third-order valence-corrected chi connectivity index (χ3v) is 6.72. The zero-order chi connectivity index (χ0) is 23.1. The summed E-state index contributed by atoms with van der Waals surface area (Å²) in [6.45, 7) is 3.96. The van der Waals surface area contributed by atoms with Crippen LogP contribution in [0.1, 0.15) is 50.7 Å². The SMILES string of the molecule is CCc1ccc(OCC(=O)N(Cc2cccc(Cl)c2)[C@@H](C)C(=O)NC2CCCC2)c(Br)c1. The maximum absolute atomic E-state index is 13.2. The van der Waals surface area contributed by atoms with E-state index in [9.17, 15) is 9.59 Å². The number of hydrogen-bond donors (Lipinski definition) is 1. The quantitative estimate of drug-likeness (QED) is 0.473. The van der Waals surface area contributed by atoms with Crippen molar-refractivity contribution in [3.8, 4) is 5.75 Å². The van der Waals surface area contributed by atoms with Crippen LogP contribution in [0.3, 0.4) is 0 Å². The lowest BCUT2D eigenvalue weighted by Gasteiger charge is -2.29. The molecule has 3 rings (SSSR count). The van der Waals surface area contributed by atoms with E-state index in [1.54, 1.807) is 17.9 Å². The Morgan fingerprint density at radius 1 is 1.19 bits per heavy atom. The minimum Gasteiger partial charge on any atom is -0.483 e. The summed E-state index contributed by atoms with van der Waals surface area (Å²) in [7, 11) is 0. The molecule has 1 aliphatic rings. The lowest BCUT2D eigenvalue weighted by Crippen LogP contribution is -2.50. The number of rotatable bonds is 9. The molecule has 2 aromatic rings. The fraction of sp³-hybridized carbons (Fsp3) is 0.440. The van der Waals surface area contributed by atoms with Gasteiger partial charge in [0, 0.05) is 17.6 Å². The molecule has 1 aliphatic carbocycles. The van der Waals surface area contributed by atoms with Gasteiger partial charge in [0.25, 0.3) is 5.91 Å². The smallest absolute Gasteiger partial charge is 0.261 e. The predicted octanol–water partition coefficient (Wildman–Crippen LogP) is 5.52. The van der Waals surface area contributed by atoms with Crippen LogP contribution < -0.4 is 10.1 Å². The molecule has 0 bridgehead atoms. The fourth-order valence-electron chi connectivity index (χ4n) is 3.91. The average molecular weight is 522 g/mol. The molecule has 2 amide bonds. The normalized spacial score (nSPS) is 14.8. The van der Waals surface area contributed by atoms with Crippen molar-refractivity contribution in [1.29, 1.82) is 0 Å². The maximum Gasteiger partial charge on any atom is 0.261 e. The summed E-state index contributed by atoms with van der Waals surface area (Å²) in [5.41, 5.74) is 2.04. The molecule has 1 saturated carbocycles. The summed E-state index contributed by atoms with van der Waals surface area (Å²) in [6.07, 6.45) is 5.16. The molecule has 1 fully saturated rings. The van der Waals surface area contributed by atoms with Gasteiger partial charge in [-0.15, -0.1) is 0 Å². The Labute approximate surface area is 203 Å². The number of nitrogens with zero attached hydrogens (tertiary/aromatic N) is 1. The van der Waals surface area contributed by atoms with Gasteiger partial charge in [0.1, 0.15) is 11.8 Å². The van der Waals surface area contributed by atoms with Gasteiger partial charge in [0.2, 0.25) is 5.91 Å². The third-order valence-electron chi connectivity index (χ3n) is 5.87. The van der Waals surface area contributed by atoms with Crippen molar-refractivity contribution in [1.82, 2.24) is 10.2 Å². The molecule has 1 N–H and O–H groups in total. The molecular weight excluding hydrogens is 492 g/mol. The summed E-state index contributed by atoms with van der Waals surface area (Å²) in [5, 5.41) is 3.69. The number of halogens is 2. The van der Waals surface area contributed by atoms with Crippen molar-refractivity contribution < 1.29 is 14.3 Å². The first kappa shape index (κ1) is 24.6. The summed E-state index contributed by atoms with van der Waals surface area (Å²) in [6, 6.07) is 12.7. The fourth-order valence-corrected chi connectivity index (χ4v) is 4.66. The highest BCUT2D eigenvalue weighted by atomic mass is 79.9. The molecule has 0 aliphatic heterocycles. The van der Waals surface area contributed by atoms with Gasteiger partial charge in [-0.2, -0.15) is 0 Å². The Hall–Kier alpha value is -2.05. The molecule has 2 aromatic carbocycles. The van der Waals surface area contributed by atoms with Crippen LogP contribution in [0.5, 0.6) is 5.75 Å². The Kier molecular flexibility index (Phi) is 9.00. The minimum absolute atomic E-state index is 0.138. The monoisotopic (exact) mass is 520 g/mol. The topological polar surface area (TPSA) is 58.6 Å². The largest absolute Gasteiger partial charge is 0.483 e. The number of carbonyl (C=O) groups excluding carboxylic acids is 2. The molecule has 1 atom stereocenters. The number of benzene rings is 2. The van der Waals surface area contributed by atoms with E-state index in [-0.39, 0.29) is 31.0 Å². The Balaban J connectivity index is 1.72. The molecule has 7 heteroatoms. The standard InChI is InChI=1S/C25H30BrClN2O3/c1-3-18-11-12-23(22(26)14-18)32-16-24(30)29(15-19-7-6-8-20(27)13-19)17(2)25(31)28-21-9-4-5-10-21/h6-8,11-14,17,21H,3-5,9-10,15-16H2,1-2H3,(H,28,31)/t17-/m0/s1. The first-order valence-corrected chi connectivity index (χ1v) is 12.3. The van der Waals surface area contributed by atoms with E-state index < -0.39 is 6.04 Å². The zero-order valence-corrected chi connectivity index (χ0v) is 20.9. The second kappa shape index (κ2) is 11.7. The molecule has 0 spiro atoms. The van der Waals surface area contributed by atoms with E-state index in [2.05, 4.69) is 28.2 Å². The lowest BCUT2D eigenvalue weighted by atomic mass is 10.1. The maximum atomic E-state index is 13.2. The van der Waals surface area contributed by atoms with E-state index in [4.69, 9.17) is 16.3 Å². The van der Waals surface area contributed by atoms with Crippen LogP contribution in [0.25, 0.3) is 0 Å². The van der Waals surface area contributed by atoms with Gasteiger partial charge >= 0.3 is 0 Å². The first-order valence-electron chi connectivity index (χ1n) is 11.1. The van der Waals surface area contributed by atoms with Gasteiger partial charge in [-0.1, -0.05) is 49.6 Å². The summed E-state index contributed by atoms with van der Waals surface area (Å²) in [4.78, 5) is 27.7. The molecule has 32 heavy (non-hydrogen) atoms. The van der Waals surface area contributed by atoms with Gasteiger partial charge in [0.05, 0.1) is 4.47 Å². The number of ether oxygens (including phenoxy) is 1. The molecular formula is C25H30BrClN2O3. The van der Waals surface area contributed by atoms with Crippen molar-refractivity contribution >= 4 is 39.3 Å². The van der Waals surface area contributed by atoms with E-state index in [0.717, 1.165) is 42.1 Å². The molecule has 0 aromatic heterocycles. The predicted molar refractivity (Wildman–Crippen MR) is 131 cm³/mol. The van der Waals surface area contributed by atoms with Crippen molar-refractivity contribution in [3.05, 3.63) is 63.1 Å². The highest BCUT2D eigenvalue weighted by Crippen LogP contribution is 2.26. The minimum atomic E-state index is -0.628. The number of hydrogen-bond acceptors (Lipinski definition) is 3. The number of amides is 2. The number of carbonyl (C=O) groups is 2. The van der Waals surface area contributed by atoms with E-state index in [0.29, 0.717) is 10.8 Å². The van der Waals surface area contributed by atoms with E-state index in [1.807, 2.05) is 36.4 Å². The second-order valence-corrected chi connectivity index (χ2v) is 9.52. The van der Waals surface area contributed by atoms with Gasteiger partial charge < -0.3 is 15.0 Å². The Morgan fingerprint density at radius 3 is 2.59 bits per heavy atom. The molecule has 0 saturated heterocycles. The first-order chi connectivity index (χ1) is 15.4. The van der Waals surface area contributed by atoms with Crippen LogP contribution in [0.15, 0.2) is 46.9 Å². The van der Waals surface area contributed by atoms with Gasteiger partial charge in [-0.25, -0.2) is 0 Å². The average Bonchev–Trinajstić information content (AvgIpc) is 3.29. The van der Waals surface area contributed by atoms with Gasteiger partial charge in [-0.3, -0.25) is 9.59 Å². The highest BCUT2D eigenvalue weighted by Gasteiger charge is 2.29. The van der Waals surface area contributed by atoms with Crippen LogP contribution in [-0.4, -0.2) is 35.4 Å². The summed E-state index contributed by atoms with van der Waals surface area (Å²) in [5.74, 6) is 0.201. The van der Waals surface area contributed by atoms with Crippen molar-refractivity contribution in [2.75, 3.05) is 6.61 Å². The van der Waals surface area contributed by atoms with Crippen molar-refractivity contribution in [2.24, 2.45) is 0 Å². The van der Waals surface area contributed by atoms with Crippen LogP contribution >= 0.6 is 27.5 Å². The second-order valence-electron chi connectivity index (χ2n) is 8.22. The third kappa shape index (κ3) is 6.72. The van der Waals surface area contributed by atoms with Gasteiger partial charge in [-0.05, 0) is 77.5 Å². The molecule has 0 unspecified atom stereocenters. The summed E-state index contributed by atoms with van der Waals surface area (Å²) < 4.78 is 6.61. The van der Waals surface area contributed by atoms with Crippen LogP contribution in [0, 0.1) is 0 Å². The molecule has 5 nitrogen and oxygen atoms in total. The van der Waals surface area contributed by atoms with Crippen molar-refractivity contribution in [3.63, 3.8) is 0 Å². The zero-order valence-electron chi connectivity index (χ0n) is 18.6. The lowest BCUT2D eigenvalue weighted by molar-refractivity contribution is -0.142. The van der Waals surface area contributed by atoms with Crippen LogP contribution in [0.2, 0.25) is 5.02 Å². The van der Waals surface area contributed by atoms with Gasteiger partial charge in [0.15, 0.2) is 6.61 Å². The molecule has 0 heterocycles. The van der Waals surface area contributed by atoms with Crippen LogP contribution in [-0.2, 0) is 22.6 Å². The van der Waals surface area contributed by atoms with Crippen molar-refractivity contribution in [2.45, 2.75) is 64.6 Å². The number of nitrogens with one attached hydrogen (secondary N) is 1. The summed E-state index contributed by atoms with van der Waals surface area (Å²) >= 11 is 9.64.